The Morgan fingerprint density at radius 2 is 1.58 bits per heavy atom. The van der Waals surface area contributed by atoms with Crippen molar-refractivity contribution in [3.05, 3.63) is 88.9 Å². The first-order chi connectivity index (χ1) is 16.3. The quantitative estimate of drug-likeness (QED) is 0.249. The number of nitrogens with zero attached hydrogens (tertiary/aromatic N) is 1. The lowest BCUT2D eigenvalue weighted by Gasteiger charge is -2.08. The van der Waals surface area contributed by atoms with E-state index in [9.17, 15) is 0 Å². The molecule has 3 aromatic carbocycles. The number of hydrogen-bond donors (Lipinski definition) is 1. The molecule has 0 aliphatic carbocycles. The lowest BCUT2D eigenvalue weighted by Crippen LogP contribution is -2.24. The normalized spacial score (nSPS) is 11.3. The van der Waals surface area contributed by atoms with E-state index >= 15 is 0 Å². The summed E-state index contributed by atoms with van der Waals surface area (Å²) >= 11 is 6.16. The van der Waals surface area contributed by atoms with Crippen molar-refractivity contribution in [2.45, 2.75) is 19.4 Å². The molecule has 1 N–H and O–H groups in total. The molecule has 0 saturated heterocycles. The van der Waals surface area contributed by atoms with Crippen molar-refractivity contribution in [2.24, 2.45) is 0 Å². The predicted octanol–water partition coefficient (Wildman–Crippen LogP) is 5.90. The Balaban J connectivity index is 1.04. The number of halogens is 1. The minimum Gasteiger partial charge on any atom is -0.436 e. The number of hydrogen-bond acceptors (Lipinski definition) is 5. The van der Waals surface area contributed by atoms with Gasteiger partial charge < -0.3 is 19.2 Å². The Bertz CT molecular complexity index is 1090. The van der Waals surface area contributed by atoms with Gasteiger partial charge in [0.25, 0.3) is 0 Å². The number of rotatable bonds is 13. The van der Waals surface area contributed by atoms with Crippen LogP contribution < -0.4 is 5.32 Å². The molecular formula is C27H29ClN2O3. The number of ether oxygens (including phenoxy) is 2. The summed E-state index contributed by atoms with van der Waals surface area (Å²) < 4.78 is 17.3. The largest absolute Gasteiger partial charge is 0.436 e. The summed E-state index contributed by atoms with van der Waals surface area (Å²) in [5, 5.41) is 4.17. The summed E-state index contributed by atoms with van der Waals surface area (Å²) in [5.74, 6) is 0.638. The van der Waals surface area contributed by atoms with Gasteiger partial charge in [0, 0.05) is 30.3 Å². The molecule has 172 valence electrons. The smallest absolute Gasteiger partial charge is 0.227 e. The maximum atomic E-state index is 6.16. The molecule has 4 aromatic rings. The SMILES string of the molecule is Clc1ccccc1CCCOCCNCCOCc1ccc(-c2nc3ccccc3o2)cc1. The van der Waals surface area contributed by atoms with Crippen LogP contribution in [0.3, 0.4) is 0 Å². The first kappa shape index (κ1) is 23.5. The van der Waals surface area contributed by atoms with Crippen LogP contribution in [0.15, 0.2) is 77.2 Å². The molecule has 0 fully saturated rings. The zero-order valence-corrected chi connectivity index (χ0v) is 19.4. The van der Waals surface area contributed by atoms with Gasteiger partial charge in [-0.1, -0.05) is 54.1 Å². The van der Waals surface area contributed by atoms with Gasteiger partial charge in [-0.2, -0.15) is 0 Å². The van der Waals surface area contributed by atoms with Crippen molar-refractivity contribution in [2.75, 3.05) is 32.9 Å². The van der Waals surface area contributed by atoms with E-state index in [2.05, 4.69) is 16.4 Å². The molecule has 6 heteroatoms. The second-order valence-corrected chi connectivity index (χ2v) is 8.20. The number of oxazole rings is 1. The number of benzene rings is 3. The third-order valence-electron chi connectivity index (χ3n) is 5.30. The van der Waals surface area contributed by atoms with Crippen LogP contribution in [0.2, 0.25) is 5.02 Å². The van der Waals surface area contributed by atoms with E-state index in [1.54, 1.807) is 0 Å². The Morgan fingerprint density at radius 1 is 0.818 bits per heavy atom. The molecule has 0 radical (unpaired) electrons. The molecule has 4 rings (SSSR count). The minimum absolute atomic E-state index is 0.577. The van der Waals surface area contributed by atoms with Crippen LogP contribution in [-0.2, 0) is 22.5 Å². The number of aromatic nitrogens is 1. The molecule has 0 unspecified atom stereocenters. The first-order valence-electron chi connectivity index (χ1n) is 11.3. The van der Waals surface area contributed by atoms with Gasteiger partial charge in [-0.15, -0.1) is 0 Å². The molecule has 1 heterocycles. The molecule has 0 saturated carbocycles. The number of fused-ring (bicyclic) bond motifs is 1. The monoisotopic (exact) mass is 464 g/mol. The van der Waals surface area contributed by atoms with E-state index in [0.29, 0.717) is 25.7 Å². The summed E-state index contributed by atoms with van der Waals surface area (Å²) in [6.07, 6.45) is 1.91. The Hall–Kier alpha value is -2.70. The molecule has 1 aromatic heterocycles. The van der Waals surface area contributed by atoms with E-state index in [0.717, 1.165) is 59.8 Å². The average Bonchev–Trinajstić information content (AvgIpc) is 3.28. The molecule has 0 bridgehead atoms. The van der Waals surface area contributed by atoms with Crippen molar-refractivity contribution < 1.29 is 13.9 Å². The molecule has 0 spiro atoms. The van der Waals surface area contributed by atoms with Crippen LogP contribution >= 0.6 is 11.6 Å². The van der Waals surface area contributed by atoms with Crippen molar-refractivity contribution >= 4 is 22.7 Å². The van der Waals surface area contributed by atoms with Gasteiger partial charge in [0.15, 0.2) is 5.58 Å². The third-order valence-corrected chi connectivity index (χ3v) is 5.67. The van der Waals surface area contributed by atoms with Gasteiger partial charge in [-0.05, 0) is 54.3 Å². The third kappa shape index (κ3) is 7.14. The molecule has 0 atom stereocenters. The van der Waals surface area contributed by atoms with Crippen LogP contribution in [0, 0.1) is 0 Å². The van der Waals surface area contributed by atoms with Crippen molar-refractivity contribution in [1.82, 2.24) is 10.3 Å². The lowest BCUT2D eigenvalue weighted by molar-refractivity contribution is 0.113. The summed E-state index contributed by atoms with van der Waals surface area (Å²) in [6, 6.07) is 23.9. The van der Waals surface area contributed by atoms with Gasteiger partial charge in [0.1, 0.15) is 5.52 Å². The second kappa shape index (κ2) is 12.5. The van der Waals surface area contributed by atoms with Crippen LogP contribution in [0.1, 0.15) is 17.5 Å². The van der Waals surface area contributed by atoms with Crippen LogP contribution in [0.25, 0.3) is 22.6 Å². The standard InChI is InChI=1S/C27H29ClN2O3/c28-24-8-2-1-6-22(24)7-5-17-31-18-15-29-16-19-32-20-21-11-13-23(14-12-21)27-30-25-9-3-4-10-26(25)33-27/h1-4,6,8-14,29H,5,7,15-20H2. The number of nitrogens with one attached hydrogen (secondary N) is 1. The summed E-state index contributed by atoms with van der Waals surface area (Å²) in [6.45, 7) is 4.27. The molecule has 0 aliphatic rings. The lowest BCUT2D eigenvalue weighted by atomic mass is 10.1. The Labute approximate surface area is 199 Å². The molecule has 33 heavy (non-hydrogen) atoms. The number of aryl methyl sites for hydroxylation is 1. The van der Waals surface area contributed by atoms with E-state index in [1.807, 2.05) is 66.7 Å². The maximum Gasteiger partial charge on any atom is 0.227 e. The fourth-order valence-corrected chi connectivity index (χ4v) is 3.74. The highest BCUT2D eigenvalue weighted by Crippen LogP contribution is 2.24. The van der Waals surface area contributed by atoms with Gasteiger partial charge in [-0.3, -0.25) is 0 Å². The fourth-order valence-electron chi connectivity index (χ4n) is 3.51. The predicted molar refractivity (Wildman–Crippen MR) is 133 cm³/mol. The molecule has 5 nitrogen and oxygen atoms in total. The first-order valence-corrected chi connectivity index (χ1v) is 11.7. The Kier molecular flexibility index (Phi) is 8.90. The zero-order valence-electron chi connectivity index (χ0n) is 18.6. The van der Waals surface area contributed by atoms with Crippen LogP contribution in [0.4, 0.5) is 0 Å². The highest BCUT2D eigenvalue weighted by Gasteiger charge is 2.07. The minimum atomic E-state index is 0.577. The highest BCUT2D eigenvalue weighted by atomic mass is 35.5. The molecule has 0 amide bonds. The Morgan fingerprint density at radius 3 is 2.39 bits per heavy atom. The topological polar surface area (TPSA) is 56.5 Å². The van der Waals surface area contributed by atoms with Crippen molar-refractivity contribution in [1.29, 1.82) is 0 Å². The average molecular weight is 465 g/mol. The summed E-state index contributed by atoms with van der Waals surface area (Å²) in [4.78, 5) is 4.54. The van der Waals surface area contributed by atoms with E-state index < -0.39 is 0 Å². The maximum absolute atomic E-state index is 6.16. The fraction of sp³-hybridized carbons (Fsp3) is 0.296. The van der Waals surface area contributed by atoms with E-state index in [1.165, 1.54) is 5.56 Å². The van der Waals surface area contributed by atoms with E-state index in [-0.39, 0.29) is 0 Å². The van der Waals surface area contributed by atoms with Gasteiger partial charge in [0.05, 0.1) is 19.8 Å². The molecule has 0 aliphatic heterocycles. The van der Waals surface area contributed by atoms with Gasteiger partial charge in [0.2, 0.25) is 5.89 Å². The van der Waals surface area contributed by atoms with Gasteiger partial charge in [-0.25, -0.2) is 4.98 Å². The number of para-hydroxylation sites is 2. The molecular weight excluding hydrogens is 436 g/mol. The highest BCUT2D eigenvalue weighted by molar-refractivity contribution is 6.31. The second-order valence-electron chi connectivity index (χ2n) is 7.79. The van der Waals surface area contributed by atoms with E-state index in [4.69, 9.17) is 25.5 Å². The van der Waals surface area contributed by atoms with Crippen LogP contribution in [0.5, 0.6) is 0 Å². The summed E-state index contributed by atoms with van der Waals surface area (Å²) in [5.41, 5.74) is 4.93. The van der Waals surface area contributed by atoms with Crippen LogP contribution in [-0.4, -0.2) is 37.9 Å². The van der Waals surface area contributed by atoms with Crippen molar-refractivity contribution in [3.63, 3.8) is 0 Å². The van der Waals surface area contributed by atoms with Gasteiger partial charge >= 0.3 is 0 Å². The zero-order chi connectivity index (χ0) is 22.7. The summed E-state index contributed by atoms with van der Waals surface area (Å²) in [7, 11) is 0. The van der Waals surface area contributed by atoms with Crippen molar-refractivity contribution in [3.8, 4) is 11.5 Å².